The van der Waals surface area contributed by atoms with Crippen LogP contribution in [-0.4, -0.2) is 18.4 Å². The van der Waals surface area contributed by atoms with Crippen LogP contribution in [0.4, 0.5) is 0 Å². The van der Waals surface area contributed by atoms with E-state index in [1.807, 2.05) is 0 Å². The summed E-state index contributed by atoms with van der Waals surface area (Å²) in [6.07, 6.45) is 48.0. The third-order valence-corrected chi connectivity index (χ3v) is 26.4. The molecule has 0 nitrogen and oxygen atoms in total. The topological polar surface area (TPSA) is 0 Å². The molecule has 0 heterocycles. The molecule has 0 aromatic rings. The molecule has 248 valence electrons. The number of hydrogen-bond donors (Lipinski definition) is 0. The van der Waals surface area contributed by atoms with Gasteiger partial charge in [-0.25, -0.2) is 0 Å². The van der Waals surface area contributed by atoms with Gasteiger partial charge in [-0.05, 0) is 0 Å². The molecule has 1 heteroatoms. The Labute approximate surface area is 268 Å². The summed E-state index contributed by atoms with van der Waals surface area (Å²) in [4.78, 5) is 0. The molecule has 0 bridgehead atoms. The van der Waals surface area contributed by atoms with Crippen LogP contribution >= 0.6 is 0 Å². The van der Waals surface area contributed by atoms with E-state index in [0.717, 1.165) is 0 Å². The van der Waals surface area contributed by atoms with Gasteiger partial charge in [0.2, 0.25) is 0 Å². The van der Waals surface area contributed by atoms with Crippen molar-refractivity contribution >= 4 is 18.4 Å². The van der Waals surface area contributed by atoms with Crippen molar-refractivity contribution in [2.24, 2.45) is 0 Å². The molecule has 0 fully saturated rings. The van der Waals surface area contributed by atoms with Gasteiger partial charge in [0.15, 0.2) is 0 Å². The van der Waals surface area contributed by atoms with Crippen LogP contribution in [0.3, 0.4) is 0 Å². The Bertz CT molecular complexity index is 398. The van der Waals surface area contributed by atoms with Gasteiger partial charge in [-0.15, -0.1) is 0 Å². The number of unbranched alkanes of at least 4 members (excludes halogenated alkanes) is 28. The van der Waals surface area contributed by atoms with E-state index < -0.39 is 18.4 Å². The van der Waals surface area contributed by atoms with E-state index in [-0.39, 0.29) is 0 Å². The second-order valence-corrected chi connectivity index (χ2v) is 28.7. The van der Waals surface area contributed by atoms with Crippen LogP contribution in [0.25, 0.3) is 0 Å². The average molecular weight is 684 g/mol. The van der Waals surface area contributed by atoms with E-state index in [4.69, 9.17) is 0 Å². The monoisotopic (exact) mass is 685 g/mol. The van der Waals surface area contributed by atoms with Gasteiger partial charge in [-0.2, -0.15) is 0 Å². The first-order chi connectivity index (χ1) is 20.2. The van der Waals surface area contributed by atoms with E-state index in [1.165, 1.54) is 161 Å². The fraction of sp³-hybridized carbons (Fsp3) is 1.00. The summed E-state index contributed by atoms with van der Waals surface area (Å²) >= 11 is -1.99. The van der Waals surface area contributed by atoms with Gasteiger partial charge in [0.25, 0.3) is 0 Å². The first kappa shape index (κ1) is 41.8. The molecule has 0 aromatic carbocycles. The van der Waals surface area contributed by atoms with E-state index in [2.05, 4.69) is 27.7 Å². The second kappa shape index (κ2) is 35.3. The van der Waals surface area contributed by atoms with Gasteiger partial charge in [0.05, 0.1) is 0 Å². The first-order valence-corrected chi connectivity index (χ1v) is 28.3. The summed E-state index contributed by atoms with van der Waals surface area (Å²) in [7, 11) is 0. The van der Waals surface area contributed by atoms with Crippen LogP contribution in [0.2, 0.25) is 17.7 Å². The van der Waals surface area contributed by atoms with E-state index in [1.54, 1.807) is 62.7 Å². The summed E-state index contributed by atoms with van der Waals surface area (Å²) in [5, 5.41) is 0. The molecule has 0 radical (unpaired) electrons. The summed E-state index contributed by atoms with van der Waals surface area (Å²) in [5.74, 6) is 0. The van der Waals surface area contributed by atoms with Crippen molar-refractivity contribution in [1.29, 1.82) is 0 Å². The SMILES string of the molecule is CCCCCCCCCCC[CH2][Sn]([CH2]CCC)([CH2]CCCCCCCCCCC)[CH2]CCCCCCCCCCC. The van der Waals surface area contributed by atoms with Crippen LogP contribution in [0, 0.1) is 0 Å². The molecule has 0 aliphatic carbocycles. The van der Waals surface area contributed by atoms with Crippen LogP contribution < -0.4 is 0 Å². The Hall–Kier alpha value is 0.799. The first-order valence-electron chi connectivity index (χ1n) is 20.2. The molecule has 0 spiro atoms. The summed E-state index contributed by atoms with van der Waals surface area (Å²) in [6.45, 7) is 9.45. The molecular weight excluding hydrogens is 599 g/mol. The van der Waals surface area contributed by atoms with Crippen molar-refractivity contribution in [3.63, 3.8) is 0 Å². The molecule has 0 atom stereocenters. The van der Waals surface area contributed by atoms with Gasteiger partial charge in [-0.1, -0.05) is 0 Å². The third kappa shape index (κ3) is 30.6. The molecule has 0 aliphatic rings. The molecule has 41 heavy (non-hydrogen) atoms. The second-order valence-electron chi connectivity index (χ2n) is 14.4. The maximum absolute atomic E-state index is 2.46. The molecule has 0 aliphatic heterocycles. The Balaban J connectivity index is 4.47. The van der Waals surface area contributed by atoms with Crippen LogP contribution in [0.1, 0.15) is 233 Å². The van der Waals surface area contributed by atoms with Gasteiger partial charge in [0, 0.05) is 0 Å². The molecular formula is C40H84Sn. The Kier molecular flexibility index (Phi) is 36.0. The third-order valence-electron chi connectivity index (χ3n) is 10.2. The molecule has 0 unspecified atom stereocenters. The zero-order chi connectivity index (χ0) is 30.0. The van der Waals surface area contributed by atoms with Crippen LogP contribution in [0.5, 0.6) is 0 Å². The zero-order valence-electron chi connectivity index (χ0n) is 30.0. The van der Waals surface area contributed by atoms with Crippen LogP contribution in [0.15, 0.2) is 0 Å². The summed E-state index contributed by atoms with van der Waals surface area (Å²) in [5.41, 5.74) is 0. The van der Waals surface area contributed by atoms with Gasteiger partial charge in [0.1, 0.15) is 0 Å². The van der Waals surface area contributed by atoms with Gasteiger partial charge >= 0.3 is 269 Å². The summed E-state index contributed by atoms with van der Waals surface area (Å²) < 4.78 is 6.98. The average Bonchev–Trinajstić information content (AvgIpc) is 2.98. The normalized spacial score (nSPS) is 12.0. The molecule has 0 N–H and O–H groups in total. The minimum absolute atomic E-state index is 1.38. The molecule has 0 saturated heterocycles. The predicted octanol–water partition coefficient (Wildman–Crippen LogP) is 16.0. The van der Waals surface area contributed by atoms with Crippen molar-refractivity contribution in [3.8, 4) is 0 Å². The molecule has 0 aromatic heterocycles. The fourth-order valence-corrected chi connectivity index (χ4v) is 23.3. The van der Waals surface area contributed by atoms with E-state index in [9.17, 15) is 0 Å². The van der Waals surface area contributed by atoms with Crippen LogP contribution in [-0.2, 0) is 0 Å². The predicted molar refractivity (Wildman–Crippen MR) is 195 cm³/mol. The Morgan fingerprint density at radius 2 is 0.366 bits per heavy atom. The van der Waals surface area contributed by atoms with Crippen molar-refractivity contribution in [1.82, 2.24) is 0 Å². The fourth-order valence-electron chi connectivity index (χ4n) is 7.26. The van der Waals surface area contributed by atoms with E-state index >= 15 is 0 Å². The molecule has 0 saturated carbocycles. The number of hydrogen-bond acceptors (Lipinski definition) is 0. The van der Waals surface area contributed by atoms with Crippen molar-refractivity contribution < 1.29 is 0 Å². The summed E-state index contributed by atoms with van der Waals surface area (Å²) in [6, 6.07) is 0. The minimum atomic E-state index is -1.99. The maximum atomic E-state index is 2.46. The zero-order valence-corrected chi connectivity index (χ0v) is 32.8. The molecule has 0 rings (SSSR count). The van der Waals surface area contributed by atoms with Gasteiger partial charge in [-0.3, -0.25) is 0 Å². The van der Waals surface area contributed by atoms with Crippen molar-refractivity contribution in [2.75, 3.05) is 0 Å². The van der Waals surface area contributed by atoms with E-state index in [0.29, 0.717) is 0 Å². The standard InChI is InChI=1S/3C12H25.C4H9.Sn/c3*1-3-5-7-9-11-12-10-8-6-4-2;1-3-4-2;/h3*1,3-12H2,2H3;1,3-4H2,2H3;. The Morgan fingerprint density at radius 3 is 0.585 bits per heavy atom. The quantitative estimate of drug-likeness (QED) is 0.0455. The Morgan fingerprint density at radius 1 is 0.195 bits per heavy atom. The van der Waals surface area contributed by atoms with Crippen molar-refractivity contribution in [2.45, 2.75) is 251 Å². The number of rotatable bonds is 36. The van der Waals surface area contributed by atoms with Gasteiger partial charge < -0.3 is 0 Å². The molecule has 0 amide bonds. The van der Waals surface area contributed by atoms with Crippen molar-refractivity contribution in [3.05, 3.63) is 0 Å².